The number of benzene rings is 2. The topological polar surface area (TPSA) is 106 Å². The Morgan fingerprint density at radius 2 is 2.00 bits per heavy atom. The summed E-state index contributed by atoms with van der Waals surface area (Å²) in [6.45, 7) is 3.27. The van der Waals surface area contributed by atoms with Crippen LogP contribution in [-0.4, -0.2) is 42.6 Å². The van der Waals surface area contributed by atoms with Crippen LogP contribution in [0.1, 0.15) is 28.4 Å². The van der Waals surface area contributed by atoms with Gasteiger partial charge in [0.1, 0.15) is 5.82 Å². The Hall–Kier alpha value is -4.65. The van der Waals surface area contributed by atoms with Gasteiger partial charge in [0.15, 0.2) is 5.82 Å². The number of nitriles is 1. The number of hydrogen-bond donors (Lipinski definition) is 3. The molecule has 1 aliphatic heterocycles. The Morgan fingerprint density at radius 1 is 1.10 bits per heavy atom. The van der Waals surface area contributed by atoms with Crippen LogP contribution in [0.25, 0.3) is 11.3 Å². The molecule has 1 saturated heterocycles. The zero-order valence-corrected chi connectivity index (χ0v) is 22.0. The molecule has 9 heteroatoms. The Labute approximate surface area is 232 Å². The summed E-state index contributed by atoms with van der Waals surface area (Å²) in [4.78, 5) is 23.6. The van der Waals surface area contributed by atoms with E-state index in [1.807, 2.05) is 48.5 Å². The van der Waals surface area contributed by atoms with Crippen molar-refractivity contribution in [2.45, 2.75) is 19.0 Å². The van der Waals surface area contributed by atoms with E-state index in [2.05, 4.69) is 27.0 Å². The number of pyridine rings is 2. The minimum Gasteiger partial charge on any atom is -0.368 e. The molecule has 3 N–H and O–H groups in total. The number of rotatable bonds is 10. The molecule has 1 amide bonds. The van der Waals surface area contributed by atoms with Gasteiger partial charge in [0.2, 0.25) is 6.41 Å². The standard InChI is InChI=1S/C31H30FN7O/c32-25-8-3-5-22(17-25)12-14-37-31-29(11-10-27(38-31)26-9-2-1-6-23(26)18-33)39(21-40)20-24-7-4-13-36-30(24)28-19-34-15-16-35-28/h1-11,13,17,21,28,34-35H,12,14-16,19-20H2,(H,37,38). The lowest BCUT2D eigenvalue weighted by Crippen LogP contribution is -2.43. The first-order valence-electron chi connectivity index (χ1n) is 13.2. The maximum Gasteiger partial charge on any atom is 0.214 e. The lowest BCUT2D eigenvalue weighted by atomic mass is 10.0. The minimum atomic E-state index is -0.284. The molecule has 2 aromatic heterocycles. The Balaban J connectivity index is 1.46. The Kier molecular flexibility index (Phi) is 8.71. The number of hydrogen-bond acceptors (Lipinski definition) is 7. The van der Waals surface area contributed by atoms with Crippen molar-refractivity contribution in [1.29, 1.82) is 5.26 Å². The normalized spacial score (nSPS) is 14.8. The van der Waals surface area contributed by atoms with Crippen LogP contribution in [0.4, 0.5) is 15.9 Å². The monoisotopic (exact) mass is 535 g/mol. The van der Waals surface area contributed by atoms with Crippen LogP contribution in [-0.2, 0) is 17.8 Å². The molecule has 1 aliphatic rings. The molecular weight excluding hydrogens is 505 g/mol. The van der Waals surface area contributed by atoms with E-state index in [9.17, 15) is 14.4 Å². The largest absolute Gasteiger partial charge is 0.368 e. The third kappa shape index (κ3) is 6.31. The first-order valence-corrected chi connectivity index (χ1v) is 13.2. The van der Waals surface area contributed by atoms with Crippen molar-refractivity contribution in [3.8, 4) is 17.3 Å². The summed E-state index contributed by atoms with van der Waals surface area (Å²) in [6.07, 6.45) is 3.12. The second-order valence-electron chi connectivity index (χ2n) is 9.52. The van der Waals surface area contributed by atoms with Gasteiger partial charge in [0.25, 0.3) is 0 Å². The van der Waals surface area contributed by atoms with Gasteiger partial charge in [-0.15, -0.1) is 0 Å². The quantitative estimate of drug-likeness (QED) is 0.261. The fourth-order valence-electron chi connectivity index (χ4n) is 4.89. The number of piperazine rings is 1. The second kappa shape index (κ2) is 12.9. The Morgan fingerprint density at radius 3 is 2.80 bits per heavy atom. The summed E-state index contributed by atoms with van der Waals surface area (Å²) in [6, 6.07) is 23.5. The molecule has 0 radical (unpaired) electrons. The summed E-state index contributed by atoms with van der Waals surface area (Å²) < 4.78 is 13.7. The maximum atomic E-state index is 13.7. The van der Waals surface area contributed by atoms with Crippen LogP contribution in [0.2, 0.25) is 0 Å². The molecular formula is C31H30FN7O. The van der Waals surface area contributed by atoms with E-state index in [0.717, 1.165) is 42.9 Å². The van der Waals surface area contributed by atoms with Crippen molar-refractivity contribution >= 4 is 17.9 Å². The van der Waals surface area contributed by atoms with Gasteiger partial charge in [0, 0.05) is 37.9 Å². The van der Waals surface area contributed by atoms with Gasteiger partial charge in [-0.2, -0.15) is 5.26 Å². The predicted molar refractivity (Wildman–Crippen MR) is 153 cm³/mol. The average Bonchev–Trinajstić information content (AvgIpc) is 3.00. The highest BCUT2D eigenvalue weighted by molar-refractivity contribution is 5.84. The first kappa shape index (κ1) is 26.9. The minimum absolute atomic E-state index is 0.0466. The first-order chi connectivity index (χ1) is 19.7. The van der Waals surface area contributed by atoms with E-state index in [4.69, 9.17) is 4.98 Å². The fraction of sp³-hybridized carbons (Fsp3) is 0.226. The molecule has 0 saturated carbocycles. The summed E-state index contributed by atoms with van der Waals surface area (Å²) in [5.74, 6) is 0.213. The van der Waals surface area contributed by atoms with Gasteiger partial charge in [-0.1, -0.05) is 36.4 Å². The van der Waals surface area contributed by atoms with Crippen LogP contribution in [0.15, 0.2) is 79.0 Å². The van der Waals surface area contributed by atoms with Gasteiger partial charge < -0.3 is 20.9 Å². The molecule has 40 heavy (non-hydrogen) atoms. The van der Waals surface area contributed by atoms with Gasteiger partial charge >= 0.3 is 0 Å². The number of carbonyl (C=O) groups is 1. The summed E-state index contributed by atoms with van der Waals surface area (Å²) in [5.41, 5.74) is 5.09. The maximum absolute atomic E-state index is 13.7. The molecule has 1 fully saturated rings. The molecule has 0 spiro atoms. The molecule has 3 heterocycles. The molecule has 1 atom stereocenters. The smallest absolute Gasteiger partial charge is 0.214 e. The van der Waals surface area contributed by atoms with Crippen molar-refractivity contribution in [3.05, 3.63) is 107 Å². The third-order valence-electron chi connectivity index (χ3n) is 6.87. The number of nitrogens with zero attached hydrogens (tertiary/aromatic N) is 4. The van der Waals surface area contributed by atoms with Crippen LogP contribution in [0.5, 0.6) is 0 Å². The van der Waals surface area contributed by atoms with Crippen molar-refractivity contribution in [2.75, 3.05) is 36.4 Å². The number of amides is 1. The average molecular weight is 536 g/mol. The molecule has 8 nitrogen and oxygen atoms in total. The lowest BCUT2D eigenvalue weighted by Gasteiger charge is -2.27. The van der Waals surface area contributed by atoms with Crippen LogP contribution in [0, 0.1) is 17.1 Å². The van der Waals surface area contributed by atoms with E-state index < -0.39 is 0 Å². The van der Waals surface area contributed by atoms with Crippen LogP contribution in [0.3, 0.4) is 0 Å². The number of aromatic nitrogens is 2. The SMILES string of the molecule is N#Cc1ccccc1-c1ccc(N(C=O)Cc2cccnc2C2CNCCN2)c(NCCc2cccc(F)c2)n1. The van der Waals surface area contributed by atoms with Crippen molar-refractivity contribution in [3.63, 3.8) is 0 Å². The number of carbonyl (C=O) groups excluding carboxylic acids is 1. The highest BCUT2D eigenvalue weighted by Crippen LogP contribution is 2.31. The molecule has 2 aromatic carbocycles. The van der Waals surface area contributed by atoms with Crippen molar-refractivity contribution in [2.24, 2.45) is 0 Å². The van der Waals surface area contributed by atoms with Crippen LogP contribution < -0.4 is 20.9 Å². The lowest BCUT2D eigenvalue weighted by molar-refractivity contribution is -0.107. The Bertz CT molecular complexity index is 1510. The second-order valence-corrected chi connectivity index (χ2v) is 9.52. The molecule has 202 valence electrons. The summed E-state index contributed by atoms with van der Waals surface area (Å²) in [7, 11) is 0. The van der Waals surface area contributed by atoms with E-state index >= 15 is 0 Å². The summed E-state index contributed by atoms with van der Waals surface area (Å²) in [5, 5.41) is 19.9. The van der Waals surface area contributed by atoms with Gasteiger partial charge in [-0.05, 0) is 53.9 Å². The van der Waals surface area contributed by atoms with Crippen molar-refractivity contribution < 1.29 is 9.18 Å². The molecule has 0 aliphatic carbocycles. The molecule has 5 rings (SSSR count). The highest BCUT2D eigenvalue weighted by Gasteiger charge is 2.22. The van der Waals surface area contributed by atoms with Gasteiger partial charge in [-0.25, -0.2) is 9.37 Å². The van der Waals surface area contributed by atoms with Crippen molar-refractivity contribution in [1.82, 2.24) is 20.6 Å². The number of halogens is 1. The van der Waals surface area contributed by atoms with E-state index in [0.29, 0.717) is 47.8 Å². The zero-order chi connectivity index (χ0) is 27.7. The highest BCUT2D eigenvalue weighted by atomic mass is 19.1. The van der Waals surface area contributed by atoms with Crippen LogP contribution >= 0.6 is 0 Å². The molecule has 1 unspecified atom stereocenters. The van der Waals surface area contributed by atoms with E-state index in [-0.39, 0.29) is 11.9 Å². The fourth-order valence-corrected chi connectivity index (χ4v) is 4.89. The predicted octanol–water partition coefficient (Wildman–Crippen LogP) is 4.21. The van der Waals surface area contributed by atoms with Gasteiger partial charge in [-0.3, -0.25) is 9.78 Å². The molecule has 0 bridgehead atoms. The number of anilines is 2. The van der Waals surface area contributed by atoms with E-state index in [1.54, 1.807) is 23.2 Å². The zero-order valence-electron chi connectivity index (χ0n) is 22.0. The van der Waals surface area contributed by atoms with E-state index in [1.165, 1.54) is 12.1 Å². The van der Waals surface area contributed by atoms with Gasteiger partial charge in [0.05, 0.1) is 41.3 Å². The summed E-state index contributed by atoms with van der Waals surface area (Å²) >= 11 is 0. The molecule has 4 aromatic rings. The third-order valence-corrected chi connectivity index (χ3v) is 6.87. The number of nitrogens with one attached hydrogen (secondary N) is 3.